The van der Waals surface area contributed by atoms with Gasteiger partial charge in [-0.1, -0.05) is 19.0 Å². The van der Waals surface area contributed by atoms with Gasteiger partial charge in [0.05, 0.1) is 5.71 Å². The van der Waals surface area contributed by atoms with Crippen LogP contribution in [0.15, 0.2) is 29.4 Å². The van der Waals surface area contributed by atoms with Crippen molar-refractivity contribution in [3.63, 3.8) is 0 Å². The van der Waals surface area contributed by atoms with E-state index in [1.165, 1.54) is 0 Å². The molecular weight excluding hydrogens is 220 g/mol. The molecule has 0 aromatic heterocycles. The van der Waals surface area contributed by atoms with Crippen molar-refractivity contribution in [2.75, 3.05) is 0 Å². The molecule has 2 rings (SSSR count). The molecule has 2 N–H and O–H groups in total. The van der Waals surface area contributed by atoms with Gasteiger partial charge in [0.25, 0.3) is 5.69 Å². The highest BCUT2D eigenvalue weighted by atomic mass is 16.6. The van der Waals surface area contributed by atoms with Gasteiger partial charge in [0.2, 0.25) is 0 Å². The number of nitrogens with one attached hydrogen (secondary N) is 1. The average molecular weight is 236 g/mol. The van der Waals surface area contributed by atoms with Crippen LogP contribution in [0.25, 0.3) is 0 Å². The van der Waals surface area contributed by atoms with E-state index in [0.717, 1.165) is 17.7 Å². The van der Waals surface area contributed by atoms with Gasteiger partial charge in [-0.15, -0.1) is 0 Å². The van der Waals surface area contributed by atoms with Gasteiger partial charge in [-0.3, -0.25) is 0 Å². The van der Waals surface area contributed by atoms with Crippen LogP contribution in [0.4, 0.5) is 5.69 Å². The standard InChI is InChI=1S/C12H14N2O2.H2O/c1-8(2)12-7-11(14-16-12)9-3-5-10(13-15)6-4-9;/h3-6,8,12H,7H2,1-2H3;1H2. The van der Waals surface area contributed by atoms with Gasteiger partial charge in [0.1, 0.15) is 6.10 Å². The van der Waals surface area contributed by atoms with Crippen molar-refractivity contribution < 1.29 is 15.5 Å². The third-order valence-electron chi connectivity index (χ3n) is 2.77. The van der Waals surface area contributed by atoms with Crippen LogP contribution in [0, 0.1) is 10.8 Å². The molecule has 0 fully saturated rings. The van der Waals surface area contributed by atoms with Crippen LogP contribution in [-0.4, -0.2) is 17.3 Å². The number of hydrogen-bond donors (Lipinski definition) is 1. The van der Waals surface area contributed by atoms with Crippen molar-refractivity contribution in [3.05, 3.63) is 34.7 Å². The summed E-state index contributed by atoms with van der Waals surface area (Å²) in [6.45, 7) is 4.24. The van der Waals surface area contributed by atoms with E-state index in [1.807, 2.05) is 17.3 Å². The lowest BCUT2D eigenvalue weighted by Gasteiger charge is -2.10. The number of hydrogen-bond acceptors (Lipinski definition) is 4. The summed E-state index contributed by atoms with van der Waals surface area (Å²) in [5.74, 6) is 0.462. The Bertz CT molecular complexity index is 412. The summed E-state index contributed by atoms with van der Waals surface area (Å²) in [5.41, 5.74) is 2.53. The highest BCUT2D eigenvalue weighted by Crippen LogP contribution is 2.22. The van der Waals surface area contributed by atoms with Crippen LogP contribution < -0.4 is 5.18 Å². The van der Waals surface area contributed by atoms with Gasteiger partial charge in [-0.2, -0.15) is 0 Å². The largest absolute Gasteiger partial charge is 0.870 e. The highest BCUT2D eigenvalue weighted by Gasteiger charge is 2.24. The van der Waals surface area contributed by atoms with Gasteiger partial charge in [0, 0.05) is 28.6 Å². The van der Waals surface area contributed by atoms with Crippen molar-refractivity contribution in [1.82, 2.24) is 0 Å². The first-order chi connectivity index (χ1) is 7.70. The molecule has 0 aliphatic carbocycles. The molecule has 0 amide bonds. The third-order valence-corrected chi connectivity index (χ3v) is 2.77. The number of rotatable bonds is 3. The Morgan fingerprint density at radius 1 is 1.35 bits per heavy atom. The minimum atomic E-state index is 0. The summed E-state index contributed by atoms with van der Waals surface area (Å²) >= 11 is 0. The number of oxime groups is 1. The lowest BCUT2D eigenvalue weighted by molar-refractivity contribution is -0.379. The van der Waals surface area contributed by atoms with E-state index in [2.05, 4.69) is 19.0 Å². The van der Waals surface area contributed by atoms with E-state index in [4.69, 9.17) is 4.84 Å². The van der Waals surface area contributed by atoms with Crippen molar-refractivity contribution in [1.29, 1.82) is 0 Å². The van der Waals surface area contributed by atoms with Crippen LogP contribution in [0.3, 0.4) is 0 Å². The highest BCUT2D eigenvalue weighted by molar-refractivity contribution is 6.01. The summed E-state index contributed by atoms with van der Waals surface area (Å²) < 4.78 is 0. The number of nitrogens with zero attached hydrogens (tertiary/aromatic N) is 1. The molecule has 0 saturated carbocycles. The zero-order valence-electron chi connectivity index (χ0n) is 9.88. The molecule has 1 aliphatic heterocycles. The predicted molar refractivity (Wildman–Crippen MR) is 63.2 cm³/mol. The molecule has 92 valence electrons. The molecular formula is C12H16N2O3. The van der Waals surface area contributed by atoms with Crippen molar-refractivity contribution in [3.8, 4) is 0 Å². The second-order valence-corrected chi connectivity index (χ2v) is 4.31. The summed E-state index contributed by atoms with van der Waals surface area (Å²) in [4.78, 5) is 15.7. The topological polar surface area (TPSA) is 82.6 Å². The van der Waals surface area contributed by atoms with Crippen LogP contribution >= 0.6 is 0 Å². The SMILES string of the molecule is CC(C)C1CC(c2ccc([NH+]=O)cc2)=NO1.[OH-]. The molecule has 1 unspecified atom stereocenters. The molecule has 17 heavy (non-hydrogen) atoms. The average Bonchev–Trinajstić information content (AvgIpc) is 2.78. The number of nitroso groups, excluding NO2 is 1. The van der Waals surface area contributed by atoms with Gasteiger partial charge >= 0.3 is 0 Å². The first-order valence-corrected chi connectivity index (χ1v) is 5.42. The molecule has 1 heterocycles. The fourth-order valence-corrected chi connectivity index (χ4v) is 1.66. The Morgan fingerprint density at radius 2 is 2.00 bits per heavy atom. The first-order valence-electron chi connectivity index (χ1n) is 5.42. The van der Waals surface area contributed by atoms with Gasteiger partial charge in [-0.05, 0) is 23.6 Å². The summed E-state index contributed by atoms with van der Waals surface area (Å²) in [6, 6.07) is 7.25. The minimum Gasteiger partial charge on any atom is -0.870 e. The maximum absolute atomic E-state index is 10.4. The summed E-state index contributed by atoms with van der Waals surface area (Å²) in [7, 11) is 0. The van der Waals surface area contributed by atoms with E-state index < -0.39 is 0 Å². The quantitative estimate of drug-likeness (QED) is 0.854. The molecule has 1 aliphatic rings. The fourth-order valence-electron chi connectivity index (χ4n) is 1.66. The van der Waals surface area contributed by atoms with Crippen LogP contribution in [0.2, 0.25) is 0 Å². The van der Waals surface area contributed by atoms with Crippen LogP contribution in [-0.2, 0) is 4.84 Å². The van der Waals surface area contributed by atoms with Gasteiger partial charge < -0.3 is 10.3 Å². The zero-order valence-corrected chi connectivity index (χ0v) is 9.88. The lowest BCUT2D eigenvalue weighted by Crippen LogP contribution is -2.55. The first kappa shape index (κ1) is 13.3. The molecule has 0 bridgehead atoms. The minimum absolute atomic E-state index is 0. The summed E-state index contributed by atoms with van der Waals surface area (Å²) in [6.07, 6.45) is 1.01. The van der Waals surface area contributed by atoms with E-state index in [0.29, 0.717) is 11.6 Å². The normalized spacial score (nSPS) is 18.3. The Kier molecular flexibility index (Phi) is 4.34. The predicted octanol–water partition coefficient (Wildman–Crippen LogP) is 1.14. The second kappa shape index (κ2) is 5.54. The zero-order chi connectivity index (χ0) is 11.5. The van der Waals surface area contributed by atoms with E-state index >= 15 is 0 Å². The van der Waals surface area contributed by atoms with E-state index in [1.54, 1.807) is 12.1 Å². The maximum atomic E-state index is 10.4. The molecule has 0 spiro atoms. The Balaban J connectivity index is 0.00000144. The van der Waals surface area contributed by atoms with Crippen molar-refractivity contribution in [2.45, 2.75) is 26.4 Å². The van der Waals surface area contributed by atoms with Crippen molar-refractivity contribution >= 4 is 11.4 Å². The number of benzene rings is 1. The smallest absolute Gasteiger partial charge is 0.253 e. The Labute approximate surface area is 99.8 Å². The fraction of sp³-hybridized carbons (Fsp3) is 0.417. The summed E-state index contributed by atoms with van der Waals surface area (Å²) in [5, 5.41) is 5.93. The molecule has 1 aromatic carbocycles. The second-order valence-electron chi connectivity index (χ2n) is 4.31. The molecule has 0 radical (unpaired) electrons. The molecule has 1 atom stereocenters. The molecule has 0 saturated heterocycles. The Morgan fingerprint density at radius 3 is 2.47 bits per heavy atom. The third kappa shape index (κ3) is 2.88. The molecule has 5 heteroatoms. The maximum Gasteiger partial charge on any atom is 0.253 e. The Hall–Kier alpha value is -1.75. The van der Waals surface area contributed by atoms with Crippen LogP contribution in [0.1, 0.15) is 25.8 Å². The van der Waals surface area contributed by atoms with Crippen LogP contribution in [0.5, 0.6) is 0 Å². The van der Waals surface area contributed by atoms with E-state index in [9.17, 15) is 4.91 Å². The monoisotopic (exact) mass is 236 g/mol. The molecule has 1 aromatic rings. The van der Waals surface area contributed by atoms with Crippen molar-refractivity contribution in [2.24, 2.45) is 11.1 Å². The lowest BCUT2D eigenvalue weighted by atomic mass is 9.98. The van der Waals surface area contributed by atoms with Gasteiger partial charge in [0.15, 0.2) is 0 Å². The van der Waals surface area contributed by atoms with E-state index in [-0.39, 0.29) is 11.6 Å². The van der Waals surface area contributed by atoms with Gasteiger partial charge in [-0.25, -0.2) is 0 Å². The molecule has 5 nitrogen and oxygen atoms in total.